The van der Waals surface area contributed by atoms with Crippen LogP contribution in [0.5, 0.6) is 11.5 Å². The Morgan fingerprint density at radius 2 is 1.82 bits per heavy atom. The van der Waals surface area contributed by atoms with E-state index in [0.29, 0.717) is 28.3 Å². The fourth-order valence-electron chi connectivity index (χ4n) is 4.11. The largest absolute Gasteiger partial charge is 0.493 e. The van der Waals surface area contributed by atoms with E-state index in [2.05, 4.69) is 20.4 Å². The zero-order valence-corrected chi connectivity index (χ0v) is 20.4. The maximum atomic E-state index is 13.6. The average Bonchev–Trinajstić information content (AvgIpc) is 3.22. The zero-order chi connectivity index (χ0) is 23.7. The highest BCUT2D eigenvalue weighted by molar-refractivity contribution is 7.98. The Hall–Kier alpha value is -3.33. The van der Waals surface area contributed by atoms with Crippen molar-refractivity contribution in [3.63, 3.8) is 0 Å². The van der Waals surface area contributed by atoms with Gasteiger partial charge in [0, 0.05) is 11.4 Å². The van der Waals surface area contributed by atoms with Gasteiger partial charge in [-0.25, -0.2) is 9.67 Å². The second-order valence-corrected chi connectivity index (χ2v) is 8.71. The number of fused-ring (bicyclic) bond motifs is 1. The van der Waals surface area contributed by atoms with E-state index in [9.17, 15) is 4.79 Å². The lowest BCUT2D eigenvalue weighted by atomic mass is 9.87. The van der Waals surface area contributed by atoms with Crippen LogP contribution in [0, 0.1) is 19.8 Å². The number of hydrogen-bond donors (Lipinski definition) is 1. The summed E-state index contributed by atoms with van der Waals surface area (Å²) in [4.78, 5) is 22.8. The Kier molecular flexibility index (Phi) is 6.42. The van der Waals surface area contributed by atoms with Gasteiger partial charge in [-0.05, 0) is 56.4 Å². The van der Waals surface area contributed by atoms with E-state index in [1.165, 1.54) is 11.8 Å². The van der Waals surface area contributed by atoms with Gasteiger partial charge in [-0.3, -0.25) is 4.79 Å². The fraction of sp³-hybridized carbons (Fsp3) is 0.333. The predicted octanol–water partition coefficient (Wildman–Crippen LogP) is 4.58. The highest BCUT2D eigenvalue weighted by Gasteiger charge is 2.39. The highest BCUT2D eigenvalue weighted by atomic mass is 32.2. The van der Waals surface area contributed by atoms with E-state index in [1.807, 2.05) is 63.4 Å². The summed E-state index contributed by atoms with van der Waals surface area (Å²) in [5.41, 5.74) is 4.44. The van der Waals surface area contributed by atoms with Gasteiger partial charge in [0.15, 0.2) is 11.5 Å². The first-order valence-corrected chi connectivity index (χ1v) is 11.7. The first-order chi connectivity index (χ1) is 15.9. The molecule has 0 spiro atoms. The zero-order valence-electron chi connectivity index (χ0n) is 19.5. The van der Waals surface area contributed by atoms with Crippen LogP contribution in [0.3, 0.4) is 0 Å². The highest BCUT2D eigenvalue weighted by Crippen LogP contribution is 2.40. The van der Waals surface area contributed by atoms with Crippen molar-refractivity contribution in [2.45, 2.75) is 32.0 Å². The van der Waals surface area contributed by atoms with E-state index in [1.54, 1.807) is 18.9 Å². The minimum absolute atomic E-state index is 0.158. The van der Waals surface area contributed by atoms with Crippen LogP contribution in [0.1, 0.15) is 29.7 Å². The lowest BCUT2D eigenvalue weighted by Gasteiger charge is -2.31. The van der Waals surface area contributed by atoms with Crippen LogP contribution >= 0.6 is 11.8 Å². The smallest absolute Gasteiger partial charge is 0.249 e. The standard InChI is InChI=1S/C24H27N5O3S/c1-13-7-9-17(14(2)11-13)26-22(30)20-15(3)25-23-27-24(33-6)28-29(23)21(20)16-8-10-18(31-4)19(12-16)32-5/h7-12,20-21H,1-6H3,(H,26,30). The Morgan fingerprint density at radius 1 is 1.06 bits per heavy atom. The minimum atomic E-state index is -0.590. The van der Waals surface area contributed by atoms with Gasteiger partial charge >= 0.3 is 0 Å². The number of carbonyl (C=O) groups is 1. The van der Waals surface area contributed by atoms with Gasteiger partial charge in [0.1, 0.15) is 5.92 Å². The van der Waals surface area contributed by atoms with Crippen LogP contribution in [0.15, 0.2) is 46.5 Å². The topological polar surface area (TPSA) is 90.6 Å². The molecule has 8 nitrogen and oxygen atoms in total. The number of thioether (sulfide) groups is 1. The third-order valence-electron chi connectivity index (χ3n) is 5.75. The molecule has 2 unspecified atom stereocenters. The van der Waals surface area contributed by atoms with Crippen LogP contribution in [0.25, 0.3) is 0 Å². The van der Waals surface area contributed by atoms with Crippen LogP contribution in [0.4, 0.5) is 11.6 Å². The number of rotatable bonds is 6. The molecule has 2 heterocycles. The van der Waals surface area contributed by atoms with E-state index >= 15 is 0 Å². The van der Waals surface area contributed by atoms with Crippen LogP contribution in [0.2, 0.25) is 0 Å². The maximum Gasteiger partial charge on any atom is 0.249 e. The summed E-state index contributed by atoms with van der Waals surface area (Å²) in [7, 11) is 3.18. The molecule has 1 aliphatic rings. The summed E-state index contributed by atoms with van der Waals surface area (Å²) in [6.45, 7) is 5.87. The monoisotopic (exact) mass is 465 g/mol. The summed E-state index contributed by atoms with van der Waals surface area (Å²) < 4.78 is 12.7. The molecule has 3 aromatic rings. The lowest BCUT2D eigenvalue weighted by Crippen LogP contribution is -2.39. The number of nitrogens with one attached hydrogen (secondary N) is 1. The van der Waals surface area contributed by atoms with Crippen LogP contribution in [-0.2, 0) is 4.79 Å². The van der Waals surface area contributed by atoms with Crippen molar-refractivity contribution < 1.29 is 14.3 Å². The average molecular weight is 466 g/mol. The van der Waals surface area contributed by atoms with Crippen molar-refractivity contribution in [1.29, 1.82) is 0 Å². The summed E-state index contributed by atoms with van der Waals surface area (Å²) in [5, 5.41) is 8.33. The van der Waals surface area contributed by atoms with Crippen molar-refractivity contribution in [2.24, 2.45) is 10.9 Å². The number of ether oxygens (including phenoxy) is 2. The number of amides is 1. The number of aromatic nitrogens is 3. The molecular weight excluding hydrogens is 438 g/mol. The molecule has 0 saturated carbocycles. The number of anilines is 1. The molecule has 1 aromatic heterocycles. The summed E-state index contributed by atoms with van der Waals surface area (Å²) >= 11 is 1.43. The van der Waals surface area contributed by atoms with Gasteiger partial charge in [0.2, 0.25) is 17.0 Å². The van der Waals surface area contributed by atoms with Crippen molar-refractivity contribution in [3.05, 3.63) is 53.1 Å². The van der Waals surface area contributed by atoms with Crippen LogP contribution < -0.4 is 14.8 Å². The first-order valence-electron chi connectivity index (χ1n) is 10.5. The van der Waals surface area contributed by atoms with Crippen molar-refractivity contribution in [1.82, 2.24) is 14.8 Å². The second kappa shape index (κ2) is 9.27. The summed E-state index contributed by atoms with van der Waals surface area (Å²) in [5.74, 6) is 0.924. The minimum Gasteiger partial charge on any atom is -0.493 e. The van der Waals surface area contributed by atoms with E-state index in [0.717, 1.165) is 22.4 Å². The van der Waals surface area contributed by atoms with Crippen LogP contribution in [-0.4, -0.2) is 46.9 Å². The number of aliphatic imine (C=N–C) groups is 1. The Balaban J connectivity index is 1.80. The second-order valence-electron chi connectivity index (χ2n) is 7.94. The Labute approximate surface area is 197 Å². The van der Waals surface area contributed by atoms with Gasteiger partial charge in [-0.15, -0.1) is 5.10 Å². The number of methoxy groups -OCH3 is 2. The molecule has 0 fully saturated rings. The number of aryl methyl sites for hydroxylation is 2. The molecular formula is C24H27N5O3S. The molecule has 33 heavy (non-hydrogen) atoms. The number of hydrogen-bond acceptors (Lipinski definition) is 7. The van der Waals surface area contributed by atoms with Gasteiger partial charge in [0.05, 0.1) is 20.3 Å². The molecule has 0 saturated heterocycles. The van der Waals surface area contributed by atoms with E-state index in [4.69, 9.17) is 9.47 Å². The third-order valence-corrected chi connectivity index (χ3v) is 6.29. The molecule has 0 bridgehead atoms. The summed E-state index contributed by atoms with van der Waals surface area (Å²) in [6, 6.07) is 11.1. The molecule has 2 aromatic carbocycles. The maximum absolute atomic E-state index is 13.6. The van der Waals surface area contributed by atoms with E-state index in [-0.39, 0.29) is 5.91 Å². The van der Waals surface area contributed by atoms with E-state index < -0.39 is 12.0 Å². The molecule has 0 aliphatic carbocycles. The Morgan fingerprint density at radius 3 is 2.48 bits per heavy atom. The van der Waals surface area contributed by atoms with Gasteiger partial charge in [0.25, 0.3) is 0 Å². The molecule has 1 amide bonds. The quantitative estimate of drug-likeness (QED) is 0.536. The fourth-order valence-corrected chi connectivity index (χ4v) is 4.45. The van der Waals surface area contributed by atoms with Gasteiger partial charge in [-0.2, -0.15) is 4.98 Å². The molecule has 172 valence electrons. The molecule has 1 N–H and O–H groups in total. The number of carbonyl (C=O) groups excluding carboxylic acids is 1. The SMILES string of the molecule is COc1ccc(C2C(C(=O)Nc3ccc(C)cc3C)C(C)=Nc3nc(SC)nn32)cc1OC. The lowest BCUT2D eigenvalue weighted by molar-refractivity contribution is -0.118. The Bertz CT molecular complexity index is 1240. The third kappa shape index (κ3) is 4.32. The molecule has 0 radical (unpaired) electrons. The van der Waals surface area contributed by atoms with Crippen molar-refractivity contribution in [2.75, 3.05) is 25.8 Å². The van der Waals surface area contributed by atoms with Crippen molar-refractivity contribution >= 4 is 35.0 Å². The summed E-state index contributed by atoms with van der Waals surface area (Å²) in [6.07, 6.45) is 1.91. The molecule has 2 atom stereocenters. The number of nitrogens with zero attached hydrogens (tertiary/aromatic N) is 4. The molecule has 9 heteroatoms. The molecule has 1 aliphatic heterocycles. The normalized spacial score (nSPS) is 17.2. The van der Waals surface area contributed by atoms with Gasteiger partial charge in [-0.1, -0.05) is 35.5 Å². The first kappa shape index (κ1) is 22.8. The number of benzene rings is 2. The predicted molar refractivity (Wildman–Crippen MR) is 130 cm³/mol. The van der Waals surface area contributed by atoms with Gasteiger partial charge < -0.3 is 14.8 Å². The van der Waals surface area contributed by atoms with Crippen molar-refractivity contribution in [3.8, 4) is 11.5 Å². The molecule has 4 rings (SSSR count).